The van der Waals surface area contributed by atoms with Crippen molar-refractivity contribution in [3.8, 4) is 0 Å². The standard InChI is InChI=1S/C41H47ClN4O7/c1-4-5-6-7-8-9-10-11-12-18-25-52-38(49)29-23-24-31(42)33(26-29)44-36(47)34(46-39(50)41(2,3)53-40(46)51)35-43-32-22-17-16-21-30(32)37(48)45(35)27-28-19-14-13-15-20-28/h13-17,19-24,26,34H,4-12,18,25,27H2,1-3H3,(H,44,47). The molecule has 1 atom stereocenters. The van der Waals surface area contributed by atoms with Gasteiger partial charge in [-0.2, -0.15) is 0 Å². The predicted molar refractivity (Wildman–Crippen MR) is 204 cm³/mol. The lowest BCUT2D eigenvalue weighted by Gasteiger charge is -2.26. The van der Waals surface area contributed by atoms with Crippen LogP contribution < -0.4 is 10.9 Å². The first kappa shape index (κ1) is 39.2. The number of hydrogen-bond donors (Lipinski definition) is 1. The van der Waals surface area contributed by atoms with Gasteiger partial charge in [0.25, 0.3) is 17.4 Å². The Balaban J connectivity index is 1.38. The Labute approximate surface area is 314 Å². The first-order chi connectivity index (χ1) is 25.5. The number of cyclic esters (lactones) is 1. The molecule has 1 aromatic heterocycles. The molecule has 3 amide bonds. The third kappa shape index (κ3) is 9.70. The molecule has 0 saturated carbocycles. The fourth-order valence-electron chi connectivity index (χ4n) is 6.36. The third-order valence-electron chi connectivity index (χ3n) is 9.29. The van der Waals surface area contributed by atoms with Gasteiger partial charge in [0, 0.05) is 0 Å². The number of imide groups is 1. The highest BCUT2D eigenvalue weighted by atomic mass is 35.5. The number of anilines is 1. The number of esters is 1. The van der Waals surface area contributed by atoms with Gasteiger partial charge >= 0.3 is 12.1 Å². The van der Waals surface area contributed by atoms with Crippen molar-refractivity contribution in [2.24, 2.45) is 0 Å². The Morgan fingerprint density at radius 1 is 0.868 bits per heavy atom. The Kier molecular flexibility index (Phi) is 13.4. The van der Waals surface area contributed by atoms with Crippen molar-refractivity contribution in [3.63, 3.8) is 0 Å². The average molecular weight is 743 g/mol. The van der Waals surface area contributed by atoms with Crippen molar-refractivity contribution in [2.45, 2.75) is 103 Å². The maximum atomic E-state index is 14.4. The van der Waals surface area contributed by atoms with E-state index in [1.54, 1.807) is 48.5 Å². The second kappa shape index (κ2) is 18.1. The number of para-hydroxylation sites is 1. The highest BCUT2D eigenvalue weighted by molar-refractivity contribution is 6.34. The van der Waals surface area contributed by atoms with E-state index in [0.717, 1.165) is 31.2 Å². The van der Waals surface area contributed by atoms with E-state index in [-0.39, 0.29) is 46.2 Å². The number of hydrogen-bond acceptors (Lipinski definition) is 8. The van der Waals surface area contributed by atoms with Crippen LogP contribution in [0.15, 0.2) is 77.6 Å². The zero-order chi connectivity index (χ0) is 38.0. The first-order valence-electron chi connectivity index (χ1n) is 18.4. The van der Waals surface area contributed by atoms with E-state index in [1.807, 2.05) is 6.07 Å². The van der Waals surface area contributed by atoms with Crippen molar-refractivity contribution < 1.29 is 28.7 Å². The summed E-state index contributed by atoms with van der Waals surface area (Å²) < 4.78 is 12.2. The lowest BCUT2D eigenvalue weighted by molar-refractivity contribution is -0.139. The molecule has 1 saturated heterocycles. The van der Waals surface area contributed by atoms with Crippen molar-refractivity contribution in [1.29, 1.82) is 0 Å². The molecule has 53 heavy (non-hydrogen) atoms. The van der Waals surface area contributed by atoms with Gasteiger partial charge in [-0.1, -0.05) is 119 Å². The normalized spacial score (nSPS) is 14.3. The van der Waals surface area contributed by atoms with E-state index in [2.05, 4.69) is 12.2 Å². The minimum absolute atomic E-state index is 0.0157. The van der Waals surface area contributed by atoms with Gasteiger partial charge in [-0.15, -0.1) is 0 Å². The molecule has 280 valence electrons. The monoisotopic (exact) mass is 742 g/mol. The topological polar surface area (TPSA) is 137 Å². The number of carbonyl (C=O) groups is 4. The van der Waals surface area contributed by atoms with Gasteiger partial charge in [-0.3, -0.25) is 19.0 Å². The van der Waals surface area contributed by atoms with E-state index >= 15 is 0 Å². The number of halogens is 1. The molecular formula is C41H47ClN4O7. The van der Waals surface area contributed by atoms with Gasteiger partial charge in [-0.25, -0.2) is 19.5 Å². The summed E-state index contributed by atoms with van der Waals surface area (Å²) in [6.07, 6.45) is 10.5. The van der Waals surface area contributed by atoms with Crippen LogP contribution >= 0.6 is 11.6 Å². The quantitative estimate of drug-likeness (QED) is 0.0791. The van der Waals surface area contributed by atoms with Crippen LogP contribution in [0.5, 0.6) is 0 Å². The second-order valence-corrected chi connectivity index (χ2v) is 14.2. The smallest absolute Gasteiger partial charge is 0.418 e. The number of unbranched alkanes of at least 4 members (excludes halogenated alkanes) is 9. The number of nitrogens with zero attached hydrogens (tertiary/aromatic N) is 3. The maximum absolute atomic E-state index is 14.4. The first-order valence-corrected chi connectivity index (χ1v) is 18.8. The van der Waals surface area contributed by atoms with Crippen LogP contribution in [0.4, 0.5) is 10.5 Å². The summed E-state index contributed by atoms with van der Waals surface area (Å²) in [6.45, 7) is 5.27. The number of nitrogens with one attached hydrogen (secondary N) is 1. The van der Waals surface area contributed by atoms with E-state index < -0.39 is 41.1 Å². The molecule has 4 aromatic rings. The minimum atomic E-state index is -1.76. The van der Waals surface area contributed by atoms with Crippen molar-refractivity contribution >= 4 is 52.1 Å². The number of rotatable bonds is 18. The number of amides is 3. The molecule has 1 aliphatic rings. The molecule has 2 heterocycles. The van der Waals surface area contributed by atoms with Gasteiger partial charge in [0.1, 0.15) is 5.82 Å². The Hall–Kier alpha value is -5.03. The zero-order valence-electron chi connectivity index (χ0n) is 30.6. The molecule has 0 spiro atoms. The molecule has 12 heteroatoms. The molecule has 1 fully saturated rings. The summed E-state index contributed by atoms with van der Waals surface area (Å²) in [4.78, 5) is 73.9. The average Bonchev–Trinajstić information content (AvgIpc) is 3.34. The SMILES string of the molecule is CCCCCCCCCCCCOC(=O)c1ccc(Cl)c(NC(=O)C(c2nc3ccccc3c(=O)n2Cc2ccccc2)N2C(=O)OC(C)(C)C2=O)c1. The van der Waals surface area contributed by atoms with Crippen LogP contribution in [-0.2, 0) is 25.6 Å². The molecule has 0 radical (unpaired) electrons. The number of fused-ring (bicyclic) bond motifs is 1. The molecule has 3 aromatic carbocycles. The van der Waals surface area contributed by atoms with E-state index in [9.17, 15) is 24.0 Å². The van der Waals surface area contributed by atoms with Gasteiger partial charge < -0.3 is 14.8 Å². The fraction of sp³-hybridized carbons (Fsp3) is 0.415. The van der Waals surface area contributed by atoms with Crippen LogP contribution in [0.2, 0.25) is 5.02 Å². The summed E-state index contributed by atoms with van der Waals surface area (Å²) in [5.41, 5.74) is -0.902. The number of carbonyl (C=O) groups excluding carboxylic acids is 4. The number of ether oxygens (including phenoxy) is 2. The van der Waals surface area contributed by atoms with E-state index in [0.29, 0.717) is 4.90 Å². The van der Waals surface area contributed by atoms with Crippen LogP contribution in [-0.4, -0.2) is 50.5 Å². The van der Waals surface area contributed by atoms with Crippen molar-refractivity contribution in [2.75, 3.05) is 11.9 Å². The van der Waals surface area contributed by atoms with Gasteiger partial charge in [0.2, 0.25) is 0 Å². The van der Waals surface area contributed by atoms with Crippen molar-refractivity contribution in [3.05, 3.63) is 105 Å². The Morgan fingerprint density at radius 2 is 1.51 bits per heavy atom. The molecule has 11 nitrogen and oxygen atoms in total. The molecule has 1 aliphatic heterocycles. The number of aromatic nitrogens is 2. The number of benzene rings is 3. The zero-order valence-corrected chi connectivity index (χ0v) is 31.3. The summed E-state index contributed by atoms with van der Waals surface area (Å²) in [6, 6.07) is 18.2. The molecule has 5 rings (SSSR count). The van der Waals surface area contributed by atoms with Gasteiger partial charge in [-0.05, 0) is 56.2 Å². The second-order valence-electron chi connectivity index (χ2n) is 13.8. The lowest BCUT2D eigenvalue weighted by atomic mass is 10.1. The van der Waals surface area contributed by atoms with E-state index in [1.165, 1.54) is 75.1 Å². The highest BCUT2D eigenvalue weighted by Gasteiger charge is 2.53. The summed E-state index contributed by atoms with van der Waals surface area (Å²) in [7, 11) is 0. The fourth-order valence-corrected chi connectivity index (χ4v) is 6.52. The third-order valence-corrected chi connectivity index (χ3v) is 9.62. The highest BCUT2D eigenvalue weighted by Crippen LogP contribution is 2.34. The van der Waals surface area contributed by atoms with Crippen LogP contribution in [0.1, 0.15) is 113 Å². The van der Waals surface area contributed by atoms with Gasteiger partial charge in [0.15, 0.2) is 11.6 Å². The Morgan fingerprint density at radius 3 is 2.17 bits per heavy atom. The van der Waals surface area contributed by atoms with Crippen LogP contribution in [0.3, 0.4) is 0 Å². The molecule has 1 N–H and O–H groups in total. The summed E-state index contributed by atoms with van der Waals surface area (Å²) in [5.74, 6) is -2.46. The van der Waals surface area contributed by atoms with E-state index in [4.69, 9.17) is 26.1 Å². The lowest BCUT2D eigenvalue weighted by Crippen LogP contribution is -2.46. The minimum Gasteiger partial charge on any atom is -0.462 e. The molecule has 0 bridgehead atoms. The maximum Gasteiger partial charge on any atom is 0.418 e. The molecule has 1 unspecified atom stereocenters. The van der Waals surface area contributed by atoms with Gasteiger partial charge in [0.05, 0.1) is 40.3 Å². The van der Waals surface area contributed by atoms with Crippen molar-refractivity contribution in [1.82, 2.24) is 14.5 Å². The summed E-state index contributed by atoms with van der Waals surface area (Å²) in [5, 5.41) is 3.06. The summed E-state index contributed by atoms with van der Waals surface area (Å²) >= 11 is 6.51. The molecular weight excluding hydrogens is 696 g/mol. The van der Waals surface area contributed by atoms with Crippen LogP contribution in [0.25, 0.3) is 10.9 Å². The van der Waals surface area contributed by atoms with Crippen LogP contribution in [0, 0.1) is 0 Å². The molecule has 0 aliphatic carbocycles. The predicted octanol–water partition coefficient (Wildman–Crippen LogP) is 8.61. The largest absolute Gasteiger partial charge is 0.462 e. The Bertz CT molecular complexity index is 2000.